The van der Waals surface area contributed by atoms with E-state index in [0.29, 0.717) is 39.9 Å². The van der Waals surface area contributed by atoms with E-state index in [4.69, 9.17) is 25.1 Å². The van der Waals surface area contributed by atoms with Crippen molar-refractivity contribution in [1.29, 1.82) is 0 Å². The van der Waals surface area contributed by atoms with Crippen LogP contribution in [-0.4, -0.2) is 89.1 Å². The summed E-state index contributed by atoms with van der Waals surface area (Å²) >= 11 is 3.22. The first-order chi connectivity index (χ1) is 36.0. The zero-order chi connectivity index (χ0) is 48.4. The maximum absolute atomic E-state index is 13.3. The Morgan fingerprint density at radius 3 is 2.14 bits per heavy atom. The maximum atomic E-state index is 13.3. The van der Waals surface area contributed by atoms with Gasteiger partial charge in [0.25, 0.3) is 5.91 Å². The first kappa shape index (κ1) is 42.7. The Morgan fingerprint density at radius 1 is 0.658 bits per heavy atom. The smallest absolute Gasteiger partial charge is 0.314 e. The van der Waals surface area contributed by atoms with Crippen LogP contribution in [0.1, 0.15) is 28.8 Å². The molecule has 1 fully saturated rings. The molecule has 1 aliphatic heterocycles. The van der Waals surface area contributed by atoms with E-state index < -0.39 is 0 Å². The highest BCUT2D eigenvalue weighted by Gasteiger charge is 2.26. The number of rotatable bonds is 11. The number of pyridine rings is 6. The van der Waals surface area contributed by atoms with Gasteiger partial charge in [-0.1, -0.05) is 29.4 Å². The number of fused-ring (bicyclic) bond motifs is 4. The lowest BCUT2D eigenvalue weighted by Crippen LogP contribution is -2.31. The molecule has 13 aromatic rings. The summed E-state index contributed by atoms with van der Waals surface area (Å²) in [5.74, 6) is 0.960. The quantitative estimate of drug-likeness (QED) is 0.0769. The number of benzene rings is 1. The zero-order valence-electron chi connectivity index (χ0n) is 38.5. The number of nitrogens with one attached hydrogen (secondary N) is 5. The number of hydrogen-bond acceptors (Lipinski definition) is 13. The molecule has 0 atom stereocenters. The first-order valence-electron chi connectivity index (χ1n) is 23.6. The highest BCUT2D eigenvalue weighted by atomic mass is 32.1. The number of carbonyl (C=O) groups excluding carboxylic acids is 1. The summed E-state index contributed by atoms with van der Waals surface area (Å²) in [4.78, 5) is 58.2. The lowest BCUT2D eigenvalue weighted by Gasteiger charge is -2.14. The van der Waals surface area contributed by atoms with Crippen LogP contribution in [0.2, 0.25) is 0 Å². The summed E-state index contributed by atoms with van der Waals surface area (Å²) in [6, 6.07) is 23.6. The van der Waals surface area contributed by atoms with Gasteiger partial charge >= 0.3 is 5.65 Å². The van der Waals surface area contributed by atoms with Gasteiger partial charge in [0.15, 0.2) is 23.0 Å². The summed E-state index contributed by atoms with van der Waals surface area (Å²) in [6.45, 7) is 3.13. The average molecular weight is 992 g/mol. The van der Waals surface area contributed by atoms with E-state index >= 15 is 0 Å². The van der Waals surface area contributed by atoms with Gasteiger partial charge < -0.3 is 15.3 Å². The van der Waals surface area contributed by atoms with Gasteiger partial charge in [0, 0.05) is 104 Å². The van der Waals surface area contributed by atoms with Crippen LogP contribution in [0, 0.1) is 0 Å². The monoisotopic (exact) mass is 991 g/mol. The second-order valence-corrected chi connectivity index (χ2v) is 19.8. The van der Waals surface area contributed by atoms with Crippen LogP contribution in [0.3, 0.4) is 0 Å². The van der Waals surface area contributed by atoms with Crippen molar-refractivity contribution in [2.24, 2.45) is 0 Å². The Bertz CT molecular complexity index is 4220. The van der Waals surface area contributed by atoms with Gasteiger partial charge in [-0.15, -0.1) is 27.8 Å². The molecule has 14 rings (SSSR count). The Balaban J connectivity index is 0.842. The third-order valence-electron chi connectivity index (χ3n) is 13.3. The van der Waals surface area contributed by atoms with Crippen molar-refractivity contribution >= 4 is 78.4 Å². The van der Waals surface area contributed by atoms with E-state index in [2.05, 4.69) is 90.6 Å². The van der Waals surface area contributed by atoms with Crippen LogP contribution in [0.15, 0.2) is 146 Å². The third kappa shape index (κ3) is 7.78. The van der Waals surface area contributed by atoms with Gasteiger partial charge in [-0.2, -0.15) is 9.67 Å². The molecular formula is C54H39N16OS2+. The molecule has 17 nitrogen and oxygen atoms in total. The molecular weight excluding hydrogens is 953 g/mol. The van der Waals surface area contributed by atoms with E-state index in [-0.39, 0.29) is 5.91 Å². The number of aromatic nitrogens is 14. The minimum Gasteiger partial charge on any atom is -0.335 e. The second kappa shape index (κ2) is 17.6. The predicted molar refractivity (Wildman–Crippen MR) is 283 cm³/mol. The van der Waals surface area contributed by atoms with E-state index in [1.807, 2.05) is 72.9 Å². The Kier molecular flexibility index (Phi) is 10.3. The number of anilines is 1. The standard InChI is InChI=1S/C54H38N16OS2/c71-54(31-7-2-1-3-8-31)60-36-14-33(20-56-22-36)35-16-39-49(52-62-42-25-57-23-40(46(42)63-52)44-9-6-12-72-44)66-68-53(39)70(28-35)37-17-45(73-29-37)41-24-58-26-43-47(41)64-51(61-43)48-38-15-34(21-59-50(38)67-65-48)32-13-30(18-55-19-32)27-69-10-4-5-11-69/h1-3,6-9,12-26,28-29H,4-5,10-11,27H2,(H4,57,58,59,60,61,62,63,64,65,66,67,71)/p+1. The lowest BCUT2D eigenvalue weighted by molar-refractivity contribution is -0.568. The number of thiophene rings is 2. The minimum atomic E-state index is -0.228. The van der Waals surface area contributed by atoms with E-state index in [1.165, 1.54) is 18.4 Å². The van der Waals surface area contributed by atoms with E-state index in [0.717, 1.165) is 107 Å². The van der Waals surface area contributed by atoms with Gasteiger partial charge in [-0.05, 0) is 79.3 Å². The van der Waals surface area contributed by atoms with Crippen LogP contribution in [0.5, 0.6) is 0 Å². The average Bonchev–Trinajstić information content (AvgIpc) is 4.29. The Labute approximate surface area is 422 Å². The number of carbonyl (C=O) groups is 1. The normalized spacial score (nSPS) is 13.0. The Hall–Kier alpha value is -9.17. The molecule has 13 heterocycles. The minimum absolute atomic E-state index is 0.228. The van der Waals surface area contributed by atoms with Crippen LogP contribution in [0.4, 0.5) is 5.69 Å². The highest BCUT2D eigenvalue weighted by Crippen LogP contribution is 2.37. The summed E-state index contributed by atoms with van der Waals surface area (Å²) in [7, 11) is 0. The summed E-state index contributed by atoms with van der Waals surface area (Å²) < 4.78 is 2.08. The number of H-pyrrole nitrogens is 4. The molecule has 5 N–H and O–H groups in total. The first-order valence-corrected chi connectivity index (χ1v) is 25.4. The molecule has 1 amide bonds. The summed E-state index contributed by atoms with van der Waals surface area (Å²) in [6.07, 6.45) is 20.9. The highest BCUT2D eigenvalue weighted by molar-refractivity contribution is 7.14. The summed E-state index contributed by atoms with van der Waals surface area (Å²) in [5, 5.41) is 24.9. The number of likely N-dealkylation sites (tertiary alicyclic amines) is 1. The van der Waals surface area contributed by atoms with E-state index in [1.54, 1.807) is 59.6 Å². The molecule has 0 unspecified atom stereocenters. The van der Waals surface area contributed by atoms with Gasteiger partial charge in [0.05, 0.1) is 40.7 Å². The molecule has 352 valence electrons. The summed E-state index contributed by atoms with van der Waals surface area (Å²) in [5.41, 5.74) is 14.4. The van der Waals surface area contributed by atoms with Crippen molar-refractivity contribution in [3.8, 4) is 71.9 Å². The fourth-order valence-corrected chi connectivity index (χ4v) is 11.3. The number of nitrogens with zero attached hydrogens (tertiary/aromatic N) is 11. The zero-order valence-corrected chi connectivity index (χ0v) is 40.2. The molecule has 1 aromatic carbocycles. The van der Waals surface area contributed by atoms with Crippen LogP contribution in [-0.2, 0) is 6.54 Å². The molecule has 12 aromatic heterocycles. The van der Waals surface area contributed by atoms with Crippen LogP contribution < -0.4 is 9.88 Å². The van der Waals surface area contributed by atoms with Crippen LogP contribution in [0.25, 0.3) is 116 Å². The number of imidazole rings is 2. The third-order valence-corrected chi connectivity index (χ3v) is 15.1. The molecule has 0 saturated carbocycles. The van der Waals surface area contributed by atoms with Gasteiger partial charge in [-0.3, -0.25) is 34.7 Å². The Morgan fingerprint density at radius 2 is 1.36 bits per heavy atom. The second-order valence-electron chi connectivity index (χ2n) is 18.0. The number of amides is 1. The fourth-order valence-electron chi connectivity index (χ4n) is 9.71. The molecule has 19 heteroatoms. The van der Waals surface area contributed by atoms with Crippen molar-refractivity contribution in [3.05, 3.63) is 157 Å². The predicted octanol–water partition coefficient (Wildman–Crippen LogP) is 10.4. The largest absolute Gasteiger partial charge is 0.335 e. The van der Waals surface area contributed by atoms with Crippen molar-refractivity contribution in [1.82, 2.24) is 70.2 Å². The molecule has 1 aliphatic rings. The van der Waals surface area contributed by atoms with Crippen LogP contribution >= 0.6 is 22.7 Å². The van der Waals surface area contributed by atoms with Gasteiger partial charge in [0.1, 0.15) is 34.0 Å². The lowest BCUT2D eigenvalue weighted by atomic mass is 10.1. The SMILES string of the molecule is O=C(Nc1cncc(-c2cc3c(-c4nc5c(-c6cccs6)cncc5[nH]4)n[nH]c3[n+](-c3csc(-c4cncc5[nH]c(-c6n[nH]c7ncc(-c8cncc(CN9CCCC9)c8)cc67)nc45)c3)c2)c1)c1ccccc1. The number of aromatic amines is 4. The topological polar surface area (TPSA) is 215 Å². The molecule has 0 aliphatic carbocycles. The molecule has 0 spiro atoms. The van der Waals surface area contributed by atoms with Crippen molar-refractivity contribution in [3.63, 3.8) is 0 Å². The molecule has 0 radical (unpaired) electrons. The number of hydrogen-bond donors (Lipinski definition) is 5. The maximum Gasteiger partial charge on any atom is 0.314 e. The molecule has 73 heavy (non-hydrogen) atoms. The van der Waals surface area contributed by atoms with E-state index in [9.17, 15) is 4.79 Å². The van der Waals surface area contributed by atoms with Gasteiger partial charge in [0.2, 0.25) is 0 Å². The van der Waals surface area contributed by atoms with Crippen molar-refractivity contribution in [2.45, 2.75) is 19.4 Å². The molecule has 1 saturated heterocycles. The molecule has 0 bridgehead atoms. The van der Waals surface area contributed by atoms with Gasteiger partial charge in [-0.25, -0.2) is 15.0 Å². The van der Waals surface area contributed by atoms with Crippen molar-refractivity contribution < 1.29 is 9.36 Å². The fraction of sp³-hybridized carbons (Fsp3) is 0.0926. The van der Waals surface area contributed by atoms with Crippen molar-refractivity contribution in [2.75, 3.05) is 18.4 Å².